The molecule has 0 aromatic heterocycles. The predicted octanol–water partition coefficient (Wildman–Crippen LogP) is 7.33. The van der Waals surface area contributed by atoms with Crippen LogP contribution in [0.2, 0.25) is 15.1 Å². The van der Waals surface area contributed by atoms with E-state index in [0.717, 1.165) is 5.56 Å². The molecule has 0 spiro atoms. The van der Waals surface area contributed by atoms with Gasteiger partial charge in [-0.05, 0) is 54.4 Å². The summed E-state index contributed by atoms with van der Waals surface area (Å²) in [5, 5.41) is 7.92. The standard InChI is InChI=1S/C25H18Cl5N3O2/c1-13(14-5-3-2-4-6-14)32-33-23(34)19-12-18(7-8-20(19)28)31-24(35)22-21(25(22,29)30)15-9-16(26)11-17(27)10-15/h2-12,21-22H,1H3,(H,31,35)(H,33,34)/t21-,22+/m0/s1. The quantitative estimate of drug-likeness (QED) is 0.185. The third-order valence-electron chi connectivity index (χ3n) is 5.58. The van der Waals surface area contributed by atoms with Gasteiger partial charge in [-0.2, -0.15) is 5.10 Å². The summed E-state index contributed by atoms with van der Waals surface area (Å²) in [5.41, 5.74) is 5.14. The molecule has 0 saturated heterocycles. The van der Waals surface area contributed by atoms with Crippen molar-refractivity contribution in [3.05, 3.63) is 98.5 Å². The average Bonchev–Trinajstić information content (AvgIpc) is 3.40. The molecular formula is C25H18Cl5N3O2. The van der Waals surface area contributed by atoms with Crippen molar-refractivity contribution in [1.82, 2.24) is 5.43 Å². The molecule has 1 fully saturated rings. The fourth-order valence-electron chi connectivity index (χ4n) is 3.76. The third-order valence-corrected chi connectivity index (χ3v) is 7.28. The highest BCUT2D eigenvalue weighted by atomic mass is 35.5. The molecule has 2 N–H and O–H groups in total. The SMILES string of the molecule is CC(=NNC(=O)c1cc(NC(=O)[C@H]2[C@H](c3cc(Cl)cc(Cl)c3)C2(Cl)Cl)ccc1Cl)c1ccccc1. The molecule has 0 bridgehead atoms. The fraction of sp³-hybridized carbons (Fsp3) is 0.160. The Morgan fingerprint density at radius 3 is 2.23 bits per heavy atom. The molecule has 0 unspecified atom stereocenters. The van der Waals surface area contributed by atoms with E-state index in [0.29, 0.717) is 27.0 Å². The van der Waals surface area contributed by atoms with Crippen molar-refractivity contribution in [2.24, 2.45) is 11.0 Å². The highest BCUT2D eigenvalue weighted by Gasteiger charge is 2.67. The fourth-order valence-corrected chi connectivity index (χ4v) is 5.33. The molecule has 2 atom stereocenters. The second kappa shape index (κ2) is 10.4. The second-order valence-electron chi connectivity index (χ2n) is 8.02. The van der Waals surface area contributed by atoms with E-state index >= 15 is 0 Å². The Morgan fingerprint density at radius 1 is 0.914 bits per heavy atom. The lowest BCUT2D eigenvalue weighted by Gasteiger charge is -2.09. The van der Waals surface area contributed by atoms with Crippen LogP contribution in [0.4, 0.5) is 5.69 Å². The van der Waals surface area contributed by atoms with E-state index in [9.17, 15) is 9.59 Å². The summed E-state index contributed by atoms with van der Waals surface area (Å²) in [7, 11) is 0. The smallest absolute Gasteiger partial charge is 0.272 e. The number of alkyl halides is 2. The van der Waals surface area contributed by atoms with Crippen LogP contribution in [0.15, 0.2) is 71.8 Å². The van der Waals surface area contributed by atoms with Gasteiger partial charge in [-0.25, -0.2) is 5.43 Å². The number of nitrogens with one attached hydrogen (secondary N) is 2. The van der Waals surface area contributed by atoms with Crippen LogP contribution >= 0.6 is 58.0 Å². The number of hydrogen-bond donors (Lipinski definition) is 2. The minimum absolute atomic E-state index is 0.144. The van der Waals surface area contributed by atoms with Gasteiger partial charge in [0.25, 0.3) is 5.91 Å². The number of anilines is 1. The molecule has 0 aliphatic heterocycles. The summed E-state index contributed by atoms with van der Waals surface area (Å²) in [4.78, 5) is 25.7. The van der Waals surface area contributed by atoms with Crippen LogP contribution in [0, 0.1) is 5.92 Å². The lowest BCUT2D eigenvalue weighted by atomic mass is 10.1. The topological polar surface area (TPSA) is 70.6 Å². The maximum atomic E-state index is 13.0. The van der Waals surface area contributed by atoms with Crippen molar-refractivity contribution < 1.29 is 9.59 Å². The minimum atomic E-state index is -1.32. The minimum Gasteiger partial charge on any atom is -0.326 e. The van der Waals surface area contributed by atoms with Crippen molar-refractivity contribution in [3.8, 4) is 0 Å². The molecule has 1 aliphatic carbocycles. The van der Waals surface area contributed by atoms with Crippen LogP contribution in [-0.4, -0.2) is 21.9 Å². The van der Waals surface area contributed by atoms with E-state index in [1.165, 1.54) is 12.1 Å². The molecule has 0 heterocycles. The van der Waals surface area contributed by atoms with Crippen molar-refractivity contribution in [2.45, 2.75) is 17.2 Å². The van der Waals surface area contributed by atoms with E-state index < -0.39 is 28.0 Å². The predicted molar refractivity (Wildman–Crippen MR) is 143 cm³/mol. The molecule has 5 nitrogen and oxygen atoms in total. The van der Waals surface area contributed by atoms with Crippen LogP contribution in [0.1, 0.15) is 34.3 Å². The Bertz CT molecular complexity index is 1310. The van der Waals surface area contributed by atoms with Gasteiger partial charge in [0.05, 0.1) is 22.2 Å². The molecule has 1 aliphatic rings. The zero-order valence-corrected chi connectivity index (χ0v) is 21.9. The van der Waals surface area contributed by atoms with Gasteiger partial charge in [-0.1, -0.05) is 65.1 Å². The van der Waals surface area contributed by atoms with Gasteiger partial charge in [0, 0.05) is 21.7 Å². The molecule has 180 valence electrons. The van der Waals surface area contributed by atoms with Gasteiger partial charge < -0.3 is 5.32 Å². The monoisotopic (exact) mass is 567 g/mol. The lowest BCUT2D eigenvalue weighted by molar-refractivity contribution is -0.117. The van der Waals surface area contributed by atoms with E-state index in [1.54, 1.807) is 31.2 Å². The highest BCUT2D eigenvalue weighted by Crippen LogP contribution is 2.65. The first-order chi connectivity index (χ1) is 16.6. The first-order valence-corrected chi connectivity index (χ1v) is 12.3. The summed E-state index contributed by atoms with van der Waals surface area (Å²) in [5.74, 6) is -2.18. The molecule has 4 rings (SSSR count). The molecule has 35 heavy (non-hydrogen) atoms. The van der Waals surface area contributed by atoms with Crippen molar-refractivity contribution in [3.63, 3.8) is 0 Å². The Balaban J connectivity index is 1.48. The Hall–Kier alpha value is -2.28. The van der Waals surface area contributed by atoms with Gasteiger partial charge >= 0.3 is 0 Å². The zero-order valence-electron chi connectivity index (χ0n) is 18.2. The molecule has 10 heteroatoms. The number of halogens is 5. The van der Waals surface area contributed by atoms with Crippen LogP contribution in [0.25, 0.3) is 0 Å². The number of rotatable bonds is 6. The number of carbonyl (C=O) groups is 2. The molecular weight excluding hydrogens is 552 g/mol. The van der Waals surface area contributed by atoms with E-state index in [2.05, 4.69) is 15.8 Å². The summed E-state index contributed by atoms with van der Waals surface area (Å²) in [6, 6.07) is 18.9. The molecule has 0 radical (unpaired) electrons. The number of benzene rings is 3. The number of amides is 2. The van der Waals surface area contributed by atoms with Crippen LogP contribution < -0.4 is 10.7 Å². The van der Waals surface area contributed by atoms with Crippen LogP contribution in [0.5, 0.6) is 0 Å². The zero-order chi connectivity index (χ0) is 25.3. The van der Waals surface area contributed by atoms with Crippen molar-refractivity contribution in [2.75, 3.05) is 5.32 Å². The Kier molecular flexibility index (Phi) is 7.65. The van der Waals surface area contributed by atoms with E-state index in [4.69, 9.17) is 58.0 Å². The Labute approximate surface area is 227 Å². The first-order valence-electron chi connectivity index (χ1n) is 10.4. The second-order valence-corrected chi connectivity index (χ2v) is 10.7. The summed E-state index contributed by atoms with van der Waals surface area (Å²) in [6.07, 6.45) is 0. The van der Waals surface area contributed by atoms with Gasteiger partial charge in [0.15, 0.2) is 0 Å². The van der Waals surface area contributed by atoms with Crippen molar-refractivity contribution >= 4 is 81.2 Å². The third kappa shape index (κ3) is 5.76. The number of hydrogen-bond acceptors (Lipinski definition) is 3. The summed E-state index contributed by atoms with van der Waals surface area (Å²) < 4.78 is -1.32. The maximum absolute atomic E-state index is 13.0. The van der Waals surface area contributed by atoms with E-state index in [-0.39, 0.29) is 10.6 Å². The van der Waals surface area contributed by atoms with Gasteiger partial charge in [0.1, 0.15) is 4.33 Å². The Morgan fingerprint density at radius 2 is 1.57 bits per heavy atom. The highest BCUT2D eigenvalue weighted by molar-refractivity contribution is 6.53. The maximum Gasteiger partial charge on any atom is 0.272 e. The lowest BCUT2D eigenvalue weighted by Crippen LogP contribution is -2.21. The van der Waals surface area contributed by atoms with E-state index in [1.807, 2.05) is 30.3 Å². The molecule has 3 aromatic carbocycles. The average molecular weight is 570 g/mol. The number of hydrazone groups is 1. The van der Waals surface area contributed by atoms with Crippen LogP contribution in [-0.2, 0) is 4.79 Å². The normalized spacial score (nSPS) is 18.6. The summed E-state index contributed by atoms with van der Waals surface area (Å²) in [6.45, 7) is 1.78. The van der Waals surface area contributed by atoms with Crippen LogP contribution in [0.3, 0.4) is 0 Å². The van der Waals surface area contributed by atoms with Gasteiger partial charge in [-0.15, -0.1) is 23.2 Å². The first kappa shape index (κ1) is 25.8. The number of carbonyl (C=O) groups excluding carboxylic acids is 2. The largest absolute Gasteiger partial charge is 0.326 e. The number of nitrogens with zero attached hydrogens (tertiary/aromatic N) is 1. The molecule has 3 aromatic rings. The van der Waals surface area contributed by atoms with Gasteiger partial charge in [-0.3, -0.25) is 9.59 Å². The molecule has 2 amide bonds. The molecule has 1 saturated carbocycles. The van der Waals surface area contributed by atoms with Gasteiger partial charge in [0.2, 0.25) is 5.91 Å². The van der Waals surface area contributed by atoms with Crippen molar-refractivity contribution in [1.29, 1.82) is 0 Å². The summed E-state index contributed by atoms with van der Waals surface area (Å²) >= 11 is 31.2.